The second-order valence-corrected chi connectivity index (χ2v) is 3.96. The molecule has 0 spiro atoms. The monoisotopic (exact) mass is 222 g/mol. The first-order valence-electron chi connectivity index (χ1n) is 5.29. The van der Waals surface area contributed by atoms with Crippen molar-refractivity contribution in [1.29, 1.82) is 0 Å². The second-order valence-electron chi connectivity index (χ2n) is 3.96. The number of pyridine rings is 1. The molecule has 3 N–H and O–H groups in total. The maximum Gasteiger partial charge on any atom is 0.367 e. The lowest BCUT2D eigenvalue weighted by Gasteiger charge is -2.22. The van der Waals surface area contributed by atoms with Crippen LogP contribution < -0.4 is 11.1 Å². The second kappa shape index (κ2) is 4.44. The highest BCUT2D eigenvalue weighted by Crippen LogP contribution is 2.32. The quantitative estimate of drug-likeness (QED) is 0.576. The van der Waals surface area contributed by atoms with Crippen LogP contribution in [-0.4, -0.2) is 23.0 Å². The number of rotatable bonds is 2. The van der Waals surface area contributed by atoms with Crippen molar-refractivity contribution in [3.63, 3.8) is 0 Å². The van der Waals surface area contributed by atoms with Gasteiger partial charge in [-0.1, -0.05) is 0 Å². The molecule has 0 radical (unpaired) electrons. The molecule has 0 aliphatic carbocycles. The van der Waals surface area contributed by atoms with E-state index in [4.69, 9.17) is 5.73 Å². The fourth-order valence-electron chi connectivity index (χ4n) is 2.08. The molecule has 0 aromatic carbocycles. The lowest BCUT2D eigenvalue weighted by atomic mass is 9.90. The Morgan fingerprint density at radius 1 is 1.50 bits per heavy atom. The molecule has 16 heavy (non-hydrogen) atoms. The summed E-state index contributed by atoms with van der Waals surface area (Å²) in [6, 6.07) is 1.68. The smallest absolute Gasteiger partial charge is 0.367 e. The van der Waals surface area contributed by atoms with E-state index in [1.807, 2.05) is 0 Å². The summed E-state index contributed by atoms with van der Waals surface area (Å²) in [6.45, 7) is 1.77. The number of hydrogen-bond acceptors (Lipinski definition) is 5. The van der Waals surface area contributed by atoms with E-state index in [9.17, 15) is 10.1 Å². The first-order valence-corrected chi connectivity index (χ1v) is 5.29. The van der Waals surface area contributed by atoms with E-state index in [-0.39, 0.29) is 11.7 Å². The lowest BCUT2D eigenvalue weighted by Crippen LogP contribution is -2.27. The molecule has 6 heteroatoms. The summed E-state index contributed by atoms with van der Waals surface area (Å²) in [5.41, 5.74) is 6.79. The molecule has 2 heterocycles. The first kappa shape index (κ1) is 10.8. The minimum atomic E-state index is -0.434. The third-order valence-corrected chi connectivity index (χ3v) is 2.87. The van der Waals surface area contributed by atoms with Crippen LogP contribution in [0.15, 0.2) is 12.3 Å². The van der Waals surface area contributed by atoms with Gasteiger partial charge in [0.1, 0.15) is 0 Å². The van der Waals surface area contributed by atoms with E-state index >= 15 is 0 Å². The third-order valence-electron chi connectivity index (χ3n) is 2.87. The van der Waals surface area contributed by atoms with E-state index in [1.165, 1.54) is 6.20 Å². The largest absolute Gasteiger partial charge is 0.396 e. The lowest BCUT2D eigenvalue weighted by molar-refractivity contribution is -0.390. The van der Waals surface area contributed by atoms with Gasteiger partial charge in [0.05, 0.1) is 11.3 Å². The summed E-state index contributed by atoms with van der Waals surface area (Å²) in [7, 11) is 0. The third kappa shape index (κ3) is 2.11. The molecule has 0 amide bonds. The van der Waals surface area contributed by atoms with Crippen molar-refractivity contribution in [3.8, 4) is 0 Å². The van der Waals surface area contributed by atoms with Gasteiger partial charge in [0.2, 0.25) is 0 Å². The van der Waals surface area contributed by atoms with E-state index in [0.717, 1.165) is 25.9 Å². The molecule has 1 aromatic heterocycles. The van der Waals surface area contributed by atoms with Crippen LogP contribution >= 0.6 is 0 Å². The molecule has 0 saturated carbocycles. The SMILES string of the molecule is Nc1cnc([N+](=O)[O-])c(C2CCNCC2)c1. The fourth-order valence-corrected chi connectivity index (χ4v) is 2.08. The minimum absolute atomic E-state index is 0.0545. The molecular formula is C10H14N4O2. The standard InChI is InChI=1S/C10H14N4O2/c11-8-5-9(7-1-3-12-4-2-7)10(13-6-8)14(15)16/h5-7,12H,1-4,11H2. The maximum absolute atomic E-state index is 10.9. The zero-order valence-electron chi connectivity index (χ0n) is 8.85. The van der Waals surface area contributed by atoms with Crippen molar-refractivity contribution in [3.05, 3.63) is 27.9 Å². The number of nitrogens with two attached hydrogens (primary N) is 1. The highest BCUT2D eigenvalue weighted by atomic mass is 16.6. The maximum atomic E-state index is 10.9. The summed E-state index contributed by atoms with van der Waals surface area (Å²) in [5.74, 6) is 0.138. The van der Waals surface area contributed by atoms with Crippen LogP contribution in [0.2, 0.25) is 0 Å². The van der Waals surface area contributed by atoms with Gasteiger partial charge in [0.15, 0.2) is 6.20 Å². The van der Waals surface area contributed by atoms with Gasteiger partial charge < -0.3 is 21.2 Å². The number of anilines is 1. The Balaban J connectivity index is 2.36. The molecule has 1 fully saturated rings. The van der Waals surface area contributed by atoms with E-state index in [2.05, 4.69) is 10.3 Å². The van der Waals surface area contributed by atoms with Crippen molar-refractivity contribution >= 4 is 11.5 Å². The Hall–Kier alpha value is -1.69. The van der Waals surface area contributed by atoms with Crippen LogP contribution in [-0.2, 0) is 0 Å². The van der Waals surface area contributed by atoms with Gasteiger partial charge in [0.25, 0.3) is 0 Å². The predicted molar refractivity (Wildman–Crippen MR) is 60.1 cm³/mol. The molecule has 1 saturated heterocycles. The van der Waals surface area contributed by atoms with E-state index < -0.39 is 4.92 Å². The van der Waals surface area contributed by atoms with Crippen molar-refractivity contribution in [2.45, 2.75) is 18.8 Å². The van der Waals surface area contributed by atoms with Gasteiger partial charge in [0, 0.05) is 0 Å². The fraction of sp³-hybridized carbons (Fsp3) is 0.500. The average Bonchev–Trinajstić information content (AvgIpc) is 2.29. The van der Waals surface area contributed by atoms with Gasteiger partial charge in [-0.25, -0.2) is 0 Å². The molecule has 6 nitrogen and oxygen atoms in total. The molecule has 1 aliphatic rings. The van der Waals surface area contributed by atoms with Crippen molar-refractivity contribution < 1.29 is 4.92 Å². The zero-order valence-corrected chi connectivity index (χ0v) is 8.85. The average molecular weight is 222 g/mol. The zero-order chi connectivity index (χ0) is 11.5. The number of nitrogens with one attached hydrogen (secondary N) is 1. The van der Waals surface area contributed by atoms with Crippen LogP contribution in [0.25, 0.3) is 0 Å². The van der Waals surface area contributed by atoms with Crippen LogP contribution in [0, 0.1) is 10.1 Å². The van der Waals surface area contributed by atoms with Crippen molar-refractivity contribution in [2.75, 3.05) is 18.8 Å². The van der Waals surface area contributed by atoms with Crippen LogP contribution in [0.1, 0.15) is 24.3 Å². The summed E-state index contributed by atoms with van der Waals surface area (Å²) in [4.78, 5) is 14.2. The number of nitrogens with zero attached hydrogens (tertiary/aromatic N) is 2. The van der Waals surface area contributed by atoms with Crippen LogP contribution in [0.3, 0.4) is 0 Å². The predicted octanol–water partition coefficient (Wildman–Crippen LogP) is 1.04. The Morgan fingerprint density at radius 3 is 2.81 bits per heavy atom. The van der Waals surface area contributed by atoms with Gasteiger partial charge in [-0.05, 0) is 47.8 Å². The van der Waals surface area contributed by atoms with Gasteiger partial charge >= 0.3 is 5.82 Å². The number of nitro groups is 1. The number of nitrogen functional groups attached to an aromatic ring is 1. The summed E-state index contributed by atoms with van der Waals surface area (Å²) < 4.78 is 0. The highest BCUT2D eigenvalue weighted by Gasteiger charge is 2.25. The highest BCUT2D eigenvalue weighted by molar-refractivity contribution is 5.47. The topological polar surface area (TPSA) is 94.1 Å². The molecule has 0 bridgehead atoms. The Morgan fingerprint density at radius 2 is 2.19 bits per heavy atom. The van der Waals surface area contributed by atoms with E-state index in [1.54, 1.807) is 6.07 Å². The minimum Gasteiger partial charge on any atom is -0.396 e. The molecule has 0 unspecified atom stereocenters. The number of aromatic nitrogens is 1. The Kier molecular flexibility index (Phi) is 3.00. The summed E-state index contributed by atoms with van der Waals surface area (Å²) >= 11 is 0. The molecule has 1 aromatic rings. The van der Waals surface area contributed by atoms with Gasteiger partial charge in [-0.2, -0.15) is 0 Å². The normalized spacial score (nSPS) is 17.2. The molecule has 1 aliphatic heterocycles. The van der Waals surface area contributed by atoms with Crippen molar-refractivity contribution in [2.24, 2.45) is 0 Å². The molecule has 2 rings (SSSR count). The summed E-state index contributed by atoms with van der Waals surface area (Å²) in [6.07, 6.45) is 3.13. The van der Waals surface area contributed by atoms with Gasteiger partial charge in [-0.15, -0.1) is 0 Å². The Labute approximate surface area is 93.0 Å². The Bertz CT molecular complexity index is 402. The number of hydrogen-bond donors (Lipinski definition) is 2. The number of piperidine rings is 1. The van der Waals surface area contributed by atoms with Gasteiger partial charge in [-0.3, -0.25) is 0 Å². The van der Waals surface area contributed by atoms with Crippen molar-refractivity contribution in [1.82, 2.24) is 10.3 Å². The molecule has 86 valence electrons. The van der Waals surface area contributed by atoms with Crippen LogP contribution in [0.5, 0.6) is 0 Å². The first-order chi connectivity index (χ1) is 7.68. The summed E-state index contributed by atoms with van der Waals surface area (Å²) in [5, 5.41) is 14.1. The molecular weight excluding hydrogens is 208 g/mol. The molecule has 0 atom stereocenters. The van der Waals surface area contributed by atoms with E-state index in [0.29, 0.717) is 11.3 Å². The van der Waals surface area contributed by atoms with Crippen LogP contribution in [0.4, 0.5) is 11.5 Å².